The molecule has 3 saturated heterocycles. The molecule has 192 valence electrons. The summed E-state index contributed by atoms with van der Waals surface area (Å²) in [7, 11) is 0. The molecule has 4 aliphatic heterocycles. The van der Waals surface area contributed by atoms with Gasteiger partial charge in [0.2, 0.25) is 17.7 Å². The molecule has 36 heavy (non-hydrogen) atoms. The van der Waals surface area contributed by atoms with Gasteiger partial charge < -0.3 is 25.0 Å². The molecule has 4 amide bonds. The fourth-order valence-electron chi connectivity index (χ4n) is 6.17. The first-order chi connectivity index (χ1) is 17.1. The minimum Gasteiger partial charge on any atom is -0.444 e. The topological polar surface area (TPSA) is 117 Å². The zero-order chi connectivity index (χ0) is 25.4. The molecule has 6 rings (SSSR count). The number of carbonyl (C=O) groups is 4. The molecule has 5 aliphatic rings. The Morgan fingerprint density at radius 2 is 1.97 bits per heavy atom. The summed E-state index contributed by atoms with van der Waals surface area (Å²) in [5.41, 5.74) is 1.65. The lowest BCUT2D eigenvalue weighted by atomic mass is 9.92. The molecule has 0 unspecified atom stereocenters. The van der Waals surface area contributed by atoms with Crippen LogP contribution in [0.5, 0.6) is 0 Å². The third-order valence-corrected chi connectivity index (χ3v) is 7.96. The summed E-state index contributed by atoms with van der Waals surface area (Å²) in [5, 5.41) is 5.75. The second-order valence-corrected chi connectivity index (χ2v) is 11.7. The van der Waals surface area contributed by atoms with Crippen LogP contribution in [0.4, 0.5) is 16.2 Å². The first-order valence-corrected chi connectivity index (χ1v) is 12.7. The Kier molecular flexibility index (Phi) is 5.30. The number of likely N-dealkylation sites (tertiary alicyclic amines) is 2. The van der Waals surface area contributed by atoms with E-state index in [9.17, 15) is 19.2 Å². The molecule has 0 bridgehead atoms. The number of rotatable bonds is 3. The molecule has 0 spiro atoms. The molecule has 1 saturated carbocycles. The second-order valence-electron chi connectivity index (χ2n) is 11.7. The fourth-order valence-corrected chi connectivity index (χ4v) is 6.17. The van der Waals surface area contributed by atoms with Gasteiger partial charge in [0.05, 0.1) is 25.0 Å². The van der Waals surface area contributed by atoms with Gasteiger partial charge in [0.25, 0.3) is 0 Å². The Morgan fingerprint density at radius 3 is 2.75 bits per heavy atom. The lowest BCUT2D eigenvalue weighted by Gasteiger charge is -2.32. The van der Waals surface area contributed by atoms with E-state index in [1.807, 2.05) is 26.8 Å². The highest BCUT2D eigenvalue weighted by Crippen LogP contribution is 2.49. The molecule has 6 atom stereocenters. The summed E-state index contributed by atoms with van der Waals surface area (Å²) in [6.45, 7) is 6.64. The van der Waals surface area contributed by atoms with Crippen molar-refractivity contribution < 1.29 is 28.7 Å². The third kappa shape index (κ3) is 4.11. The van der Waals surface area contributed by atoms with Gasteiger partial charge in [-0.05, 0) is 63.3 Å². The van der Waals surface area contributed by atoms with Crippen LogP contribution in [0.1, 0.15) is 39.2 Å². The zero-order valence-electron chi connectivity index (χ0n) is 20.8. The predicted octanol–water partition coefficient (Wildman–Crippen LogP) is 1.99. The second kappa shape index (κ2) is 8.19. The Hall–Kier alpha value is -3.14. The minimum atomic E-state index is -0.623. The van der Waals surface area contributed by atoms with Gasteiger partial charge in [-0.15, -0.1) is 0 Å². The molecule has 1 aliphatic carbocycles. The fraction of sp³-hybridized carbons (Fsp3) is 0.615. The first kappa shape index (κ1) is 23.3. The molecule has 1 aromatic rings. The van der Waals surface area contributed by atoms with Crippen LogP contribution in [0.15, 0.2) is 18.2 Å². The van der Waals surface area contributed by atoms with Crippen molar-refractivity contribution in [2.24, 2.45) is 17.8 Å². The number of hydrogen-bond acceptors (Lipinski definition) is 6. The van der Waals surface area contributed by atoms with Crippen LogP contribution in [0.25, 0.3) is 0 Å². The number of hydrogen-bond donors (Lipinski definition) is 2. The van der Waals surface area contributed by atoms with Crippen molar-refractivity contribution in [3.05, 3.63) is 23.8 Å². The summed E-state index contributed by atoms with van der Waals surface area (Å²) in [6.07, 6.45) is 1.26. The van der Waals surface area contributed by atoms with Crippen molar-refractivity contribution in [1.82, 2.24) is 9.80 Å². The standard InChI is InChI=1S/C26H32N4O6/c1-26(2,3)36-25(34)30-19-7-14(19)8-20(30)24(33)29-10-16-17(12-35-21(16)11-29)23(32)27-15-4-5-18-13(6-15)9-22(31)28-18/h4-6,14,16-17,19-21H,7-12H2,1-3H3,(H,27,32)(H,28,31)/t14-,16-,17-,19-,20+,21-/m1/s1. The Bertz CT molecular complexity index is 1150. The maximum atomic E-state index is 13.5. The monoisotopic (exact) mass is 496 g/mol. The Labute approximate surface area is 209 Å². The highest BCUT2D eigenvalue weighted by atomic mass is 16.6. The summed E-state index contributed by atoms with van der Waals surface area (Å²) in [5.74, 6) is -0.396. The normalized spacial score (nSPS) is 32.0. The van der Waals surface area contributed by atoms with Gasteiger partial charge in [0, 0.05) is 36.4 Å². The molecule has 2 N–H and O–H groups in total. The van der Waals surface area contributed by atoms with Crippen LogP contribution in [-0.2, 0) is 30.3 Å². The molecule has 0 aromatic heterocycles. The van der Waals surface area contributed by atoms with E-state index in [1.165, 1.54) is 0 Å². The van der Waals surface area contributed by atoms with Gasteiger partial charge in [-0.3, -0.25) is 19.3 Å². The Morgan fingerprint density at radius 1 is 1.17 bits per heavy atom. The lowest BCUT2D eigenvalue weighted by Crippen LogP contribution is -2.50. The number of nitrogens with zero attached hydrogens (tertiary/aromatic N) is 2. The first-order valence-electron chi connectivity index (χ1n) is 12.7. The van der Waals surface area contributed by atoms with Crippen molar-refractivity contribution in [2.45, 2.75) is 63.8 Å². The molecular formula is C26H32N4O6. The van der Waals surface area contributed by atoms with Gasteiger partial charge in [-0.25, -0.2) is 4.79 Å². The SMILES string of the molecule is CC(C)(C)OC(=O)N1[C@@H]2C[C@@H]2C[C@H]1C(=O)N1C[C@H]2[C@@H](C1)OC[C@H]2C(=O)Nc1ccc2c(c1)CC(=O)N2. The van der Waals surface area contributed by atoms with E-state index in [4.69, 9.17) is 9.47 Å². The largest absolute Gasteiger partial charge is 0.444 e. The average Bonchev–Trinajstić information content (AvgIpc) is 3.17. The molecule has 4 fully saturated rings. The Balaban J connectivity index is 1.10. The number of piperidine rings is 1. The number of ether oxygens (including phenoxy) is 2. The summed E-state index contributed by atoms with van der Waals surface area (Å²) >= 11 is 0. The van der Waals surface area contributed by atoms with E-state index in [-0.39, 0.29) is 41.7 Å². The quantitative estimate of drug-likeness (QED) is 0.661. The van der Waals surface area contributed by atoms with Crippen molar-refractivity contribution in [1.29, 1.82) is 0 Å². The molecule has 0 radical (unpaired) electrons. The molecular weight excluding hydrogens is 464 g/mol. The summed E-state index contributed by atoms with van der Waals surface area (Å²) in [6, 6.07) is 4.96. The van der Waals surface area contributed by atoms with Gasteiger partial charge in [0.1, 0.15) is 11.6 Å². The summed E-state index contributed by atoms with van der Waals surface area (Å²) in [4.78, 5) is 54.5. The van der Waals surface area contributed by atoms with Crippen molar-refractivity contribution in [2.75, 3.05) is 30.3 Å². The van der Waals surface area contributed by atoms with Crippen LogP contribution >= 0.6 is 0 Å². The maximum Gasteiger partial charge on any atom is 0.411 e. The zero-order valence-corrected chi connectivity index (χ0v) is 20.8. The third-order valence-electron chi connectivity index (χ3n) is 7.96. The number of anilines is 2. The minimum absolute atomic E-state index is 0.0546. The number of nitrogens with one attached hydrogen (secondary N) is 2. The smallest absolute Gasteiger partial charge is 0.411 e. The van der Waals surface area contributed by atoms with Crippen molar-refractivity contribution in [3.8, 4) is 0 Å². The van der Waals surface area contributed by atoms with Crippen LogP contribution in [0, 0.1) is 17.8 Å². The van der Waals surface area contributed by atoms with Crippen LogP contribution < -0.4 is 10.6 Å². The highest BCUT2D eigenvalue weighted by molar-refractivity contribution is 6.00. The van der Waals surface area contributed by atoms with Crippen molar-refractivity contribution >= 4 is 35.2 Å². The molecule has 1 aromatic carbocycles. The number of amides is 4. The van der Waals surface area contributed by atoms with Gasteiger partial charge in [-0.1, -0.05) is 0 Å². The van der Waals surface area contributed by atoms with E-state index in [2.05, 4.69) is 10.6 Å². The van der Waals surface area contributed by atoms with Crippen LogP contribution in [-0.4, -0.2) is 77.1 Å². The van der Waals surface area contributed by atoms with E-state index in [0.29, 0.717) is 44.1 Å². The van der Waals surface area contributed by atoms with Crippen LogP contribution in [0.3, 0.4) is 0 Å². The number of fused-ring (bicyclic) bond motifs is 3. The summed E-state index contributed by atoms with van der Waals surface area (Å²) < 4.78 is 11.5. The highest BCUT2D eigenvalue weighted by Gasteiger charge is 2.59. The van der Waals surface area contributed by atoms with E-state index >= 15 is 0 Å². The van der Waals surface area contributed by atoms with Crippen LogP contribution in [0.2, 0.25) is 0 Å². The van der Waals surface area contributed by atoms with Gasteiger partial charge in [0.15, 0.2) is 0 Å². The molecule has 4 heterocycles. The van der Waals surface area contributed by atoms with Crippen molar-refractivity contribution in [3.63, 3.8) is 0 Å². The van der Waals surface area contributed by atoms with E-state index in [1.54, 1.807) is 21.9 Å². The van der Waals surface area contributed by atoms with Gasteiger partial charge >= 0.3 is 6.09 Å². The predicted molar refractivity (Wildman–Crippen MR) is 129 cm³/mol. The molecule has 10 nitrogen and oxygen atoms in total. The maximum absolute atomic E-state index is 13.5. The molecule has 10 heteroatoms. The number of benzene rings is 1. The van der Waals surface area contributed by atoms with E-state index in [0.717, 1.165) is 17.7 Å². The average molecular weight is 497 g/mol. The number of carbonyl (C=O) groups excluding carboxylic acids is 4. The van der Waals surface area contributed by atoms with Gasteiger partial charge in [-0.2, -0.15) is 0 Å². The lowest BCUT2D eigenvalue weighted by molar-refractivity contribution is -0.136. The van der Waals surface area contributed by atoms with E-state index < -0.39 is 17.7 Å².